The van der Waals surface area contributed by atoms with Crippen molar-refractivity contribution in [1.82, 2.24) is 0 Å². The molecule has 0 saturated heterocycles. The predicted molar refractivity (Wildman–Crippen MR) is 79.1 cm³/mol. The van der Waals surface area contributed by atoms with E-state index >= 15 is 0 Å². The van der Waals surface area contributed by atoms with Crippen molar-refractivity contribution >= 4 is 11.6 Å². The van der Waals surface area contributed by atoms with Crippen molar-refractivity contribution in [1.29, 1.82) is 0 Å². The summed E-state index contributed by atoms with van der Waals surface area (Å²) in [5, 5.41) is 11.5. The molecule has 0 aliphatic carbocycles. The molecule has 106 valence electrons. The Morgan fingerprint density at radius 2 is 1.95 bits per heavy atom. The maximum Gasteiger partial charge on any atom is 0.126 e. The zero-order valence-electron chi connectivity index (χ0n) is 11.8. The van der Waals surface area contributed by atoms with Crippen LogP contribution in [0.5, 0.6) is 5.75 Å². The smallest absolute Gasteiger partial charge is 0.126 e. The summed E-state index contributed by atoms with van der Waals surface area (Å²) in [5.74, 6) is 0.954. The van der Waals surface area contributed by atoms with Gasteiger partial charge in [-0.1, -0.05) is 38.3 Å². The standard InChI is InChI=1S/C16H23ClO2/c1-3-6-16(18,7-4-2)11-13-10-14(17)9-12-5-8-19-15(12)13/h9-10,18H,3-8,11H2,1-2H3. The summed E-state index contributed by atoms with van der Waals surface area (Å²) >= 11 is 6.17. The van der Waals surface area contributed by atoms with Crippen molar-refractivity contribution in [2.75, 3.05) is 6.61 Å². The number of aliphatic hydroxyl groups is 1. The van der Waals surface area contributed by atoms with Crippen LogP contribution in [-0.2, 0) is 12.8 Å². The lowest BCUT2D eigenvalue weighted by molar-refractivity contribution is 0.0211. The van der Waals surface area contributed by atoms with E-state index < -0.39 is 5.60 Å². The number of hydrogen-bond donors (Lipinski definition) is 1. The molecule has 0 unspecified atom stereocenters. The number of halogens is 1. The topological polar surface area (TPSA) is 29.5 Å². The first kappa shape index (κ1) is 14.7. The Labute approximate surface area is 120 Å². The average molecular weight is 283 g/mol. The molecule has 0 amide bonds. The van der Waals surface area contributed by atoms with Crippen LogP contribution in [0.15, 0.2) is 12.1 Å². The van der Waals surface area contributed by atoms with E-state index in [2.05, 4.69) is 13.8 Å². The highest BCUT2D eigenvalue weighted by Crippen LogP contribution is 2.36. The highest BCUT2D eigenvalue weighted by Gasteiger charge is 2.28. The quantitative estimate of drug-likeness (QED) is 0.849. The molecular weight excluding hydrogens is 260 g/mol. The van der Waals surface area contributed by atoms with Gasteiger partial charge in [0, 0.05) is 17.9 Å². The minimum Gasteiger partial charge on any atom is -0.493 e. The van der Waals surface area contributed by atoms with Gasteiger partial charge in [0.1, 0.15) is 5.75 Å². The van der Waals surface area contributed by atoms with Crippen LogP contribution >= 0.6 is 11.6 Å². The van der Waals surface area contributed by atoms with E-state index in [4.69, 9.17) is 16.3 Å². The van der Waals surface area contributed by atoms with E-state index in [0.717, 1.165) is 55.0 Å². The van der Waals surface area contributed by atoms with Gasteiger partial charge in [-0.25, -0.2) is 0 Å². The molecule has 1 aliphatic heterocycles. The molecule has 0 fully saturated rings. The molecule has 1 N–H and O–H groups in total. The minimum absolute atomic E-state index is 0.631. The van der Waals surface area contributed by atoms with Crippen LogP contribution in [0.3, 0.4) is 0 Å². The van der Waals surface area contributed by atoms with Crippen LogP contribution in [0.4, 0.5) is 0 Å². The third kappa shape index (κ3) is 3.43. The second-order valence-electron chi connectivity index (χ2n) is 5.55. The van der Waals surface area contributed by atoms with Gasteiger partial charge >= 0.3 is 0 Å². The number of hydrogen-bond acceptors (Lipinski definition) is 2. The van der Waals surface area contributed by atoms with Crippen molar-refractivity contribution in [3.63, 3.8) is 0 Å². The first-order valence-electron chi connectivity index (χ1n) is 7.24. The lowest BCUT2D eigenvalue weighted by Crippen LogP contribution is -2.31. The Morgan fingerprint density at radius 3 is 2.58 bits per heavy atom. The van der Waals surface area contributed by atoms with Gasteiger partial charge in [-0.2, -0.15) is 0 Å². The van der Waals surface area contributed by atoms with Gasteiger partial charge < -0.3 is 9.84 Å². The molecule has 1 aliphatic rings. The summed E-state index contributed by atoms with van der Waals surface area (Å²) in [6.07, 6.45) is 5.17. The van der Waals surface area contributed by atoms with E-state index in [-0.39, 0.29) is 0 Å². The average Bonchev–Trinajstić information content (AvgIpc) is 2.77. The van der Waals surface area contributed by atoms with Gasteiger partial charge in [0.15, 0.2) is 0 Å². The van der Waals surface area contributed by atoms with Crippen molar-refractivity contribution in [3.05, 3.63) is 28.3 Å². The number of ether oxygens (including phenoxy) is 1. The largest absolute Gasteiger partial charge is 0.493 e. The van der Waals surface area contributed by atoms with Crippen molar-refractivity contribution in [2.45, 2.75) is 58.0 Å². The zero-order valence-corrected chi connectivity index (χ0v) is 12.6. The summed E-state index contributed by atoms with van der Waals surface area (Å²) in [5.41, 5.74) is 1.61. The summed E-state index contributed by atoms with van der Waals surface area (Å²) in [6, 6.07) is 3.92. The molecule has 2 nitrogen and oxygen atoms in total. The van der Waals surface area contributed by atoms with Crippen LogP contribution < -0.4 is 4.74 Å². The van der Waals surface area contributed by atoms with Crippen molar-refractivity contribution < 1.29 is 9.84 Å². The molecule has 0 saturated carbocycles. The van der Waals surface area contributed by atoms with Gasteiger partial charge in [-0.3, -0.25) is 0 Å². The molecule has 2 rings (SSSR count). The second kappa shape index (κ2) is 6.15. The summed E-state index contributed by atoms with van der Waals surface area (Å²) in [7, 11) is 0. The maximum atomic E-state index is 10.8. The van der Waals surface area contributed by atoms with Crippen LogP contribution in [-0.4, -0.2) is 17.3 Å². The highest BCUT2D eigenvalue weighted by molar-refractivity contribution is 6.30. The lowest BCUT2D eigenvalue weighted by atomic mass is 9.85. The molecule has 0 spiro atoms. The van der Waals surface area contributed by atoms with Gasteiger partial charge in [0.2, 0.25) is 0 Å². The molecule has 19 heavy (non-hydrogen) atoms. The maximum absolute atomic E-state index is 10.8. The Morgan fingerprint density at radius 1 is 1.26 bits per heavy atom. The summed E-state index contributed by atoms with van der Waals surface area (Å²) in [4.78, 5) is 0. The first-order chi connectivity index (χ1) is 9.08. The van der Waals surface area contributed by atoms with Crippen LogP contribution in [0.2, 0.25) is 5.02 Å². The van der Waals surface area contributed by atoms with Crippen LogP contribution in [0.1, 0.15) is 50.7 Å². The minimum atomic E-state index is -0.631. The van der Waals surface area contributed by atoms with Gasteiger partial charge in [-0.15, -0.1) is 0 Å². The van der Waals surface area contributed by atoms with Gasteiger partial charge in [0.05, 0.1) is 12.2 Å². The Kier molecular flexibility index (Phi) is 4.75. The lowest BCUT2D eigenvalue weighted by Gasteiger charge is -2.28. The third-order valence-corrected chi connectivity index (χ3v) is 3.99. The van der Waals surface area contributed by atoms with Crippen molar-refractivity contribution in [2.24, 2.45) is 0 Å². The number of fused-ring (bicyclic) bond motifs is 1. The number of rotatable bonds is 6. The van der Waals surface area contributed by atoms with Crippen LogP contribution in [0.25, 0.3) is 0 Å². The molecule has 0 bridgehead atoms. The van der Waals surface area contributed by atoms with E-state index in [1.807, 2.05) is 12.1 Å². The van der Waals surface area contributed by atoms with E-state index in [9.17, 15) is 5.11 Å². The van der Waals surface area contributed by atoms with Gasteiger partial charge in [0.25, 0.3) is 0 Å². The molecule has 0 atom stereocenters. The summed E-state index contributed by atoms with van der Waals surface area (Å²) < 4.78 is 5.72. The molecule has 0 aromatic heterocycles. The fourth-order valence-corrected chi connectivity index (χ4v) is 3.33. The highest BCUT2D eigenvalue weighted by atomic mass is 35.5. The van der Waals surface area contributed by atoms with Gasteiger partial charge in [-0.05, 0) is 36.1 Å². The SMILES string of the molecule is CCCC(O)(CCC)Cc1cc(Cl)cc2c1OCC2. The number of benzene rings is 1. The monoisotopic (exact) mass is 282 g/mol. The third-order valence-electron chi connectivity index (χ3n) is 3.78. The summed E-state index contributed by atoms with van der Waals surface area (Å²) in [6.45, 7) is 4.95. The van der Waals surface area contributed by atoms with Crippen molar-refractivity contribution in [3.8, 4) is 5.75 Å². The van der Waals surface area contributed by atoms with E-state index in [1.165, 1.54) is 5.56 Å². The predicted octanol–water partition coefficient (Wildman–Crippen LogP) is 4.15. The normalized spacial score (nSPS) is 14.3. The zero-order chi connectivity index (χ0) is 13.9. The Balaban J connectivity index is 2.26. The van der Waals surface area contributed by atoms with E-state index in [1.54, 1.807) is 0 Å². The molecule has 1 aromatic rings. The molecule has 1 heterocycles. The molecular formula is C16H23ClO2. The van der Waals surface area contributed by atoms with Crippen LogP contribution in [0, 0.1) is 0 Å². The fraction of sp³-hybridized carbons (Fsp3) is 0.625. The Hall–Kier alpha value is -0.730. The fourth-order valence-electron chi connectivity index (χ4n) is 3.06. The molecule has 3 heteroatoms. The molecule has 1 aromatic carbocycles. The molecule has 0 radical (unpaired) electrons. The second-order valence-corrected chi connectivity index (χ2v) is 5.99. The Bertz CT molecular complexity index is 437. The first-order valence-corrected chi connectivity index (χ1v) is 7.62. The van der Waals surface area contributed by atoms with E-state index in [0.29, 0.717) is 6.42 Å².